The normalized spacial score (nSPS) is 13.7. The highest BCUT2D eigenvalue weighted by molar-refractivity contribution is 5.95. The molecule has 0 spiro atoms. The number of hydrogen-bond donors (Lipinski definition) is 3. The topological polar surface area (TPSA) is 92.4 Å². The van der Waals surface area contributed by atoms with E-state index in [9.17, 15) is 18.4 Å². The van der Waals surface area contributed by atoms with E-state index in [1.807, 2.05) is 0 Å². The summed E-state index contributed by atoms with van der Waals surface area (Å²) in [6.07, 6.45) is 0. The first-order chi connectivity index (χ1) is 8.73. The lowest BCUT2D eigenvalue weighted by atomic mass is 10.0. The molecular weight excluding hydrogens is 258 g/mol. The van der Waals surface area contributed by atoms with Crippen molar-refractivity contribution in [2.45, 2.75) is 19.9 Å². The number of aromatic carboxylic acids is 1. The zero-order chi connectivity index (χ0) is 14.7. The molecular formula is C12H14F2N2O3. The van der Waals surface area contributed by atoms with Gasteiger partial charge in [-0.3, -0.25) is 4.79 Å². The molecule has 2 atom stereocenters. The molecule has 0 radical (unpaired) electrons. The molecule has 19 heavy (non-hydrogen) atoms. The second-order valence-corrected chi connectivity index (χ2v) is 4.25. The van der Waals surface area contributed by atoms with Crippen LogP contribution in [0.2, 0.25) is 0 Å². The number of amides is 1. The highest BCUT2D eigenvalue weighted by Gasteiger charge is 2.20. The Balaban J connectivity index is 3.05. The standard InChI is InChI=1S/C12H14F2N2O3/c1-5(6(2)15)11(17)16-10-3-7(12(18)19)8(13)4-9(10)14/h3-6H,15H2,1-2H3,(H,16,17)(H,18,19). The van der Waals surface area contributed by atoms with E-state index in [4.69, 9.17) is 10.8 Å². The van der Waals surface area contributed by atoms with Crippen molar-refractivity contribution in [2.24, 2.45) is 11.7 Å². The fraction of sp³-hybridized carbons (Fsp3) is 0.333. The summed E-state index contributed by atoms with van der Waals surface area (Å²) in [5.41, 5.74) is 4.41. The number of carbonyl (C=O) groups is 2. The van der Waals surface area contributed by atoms with E-state index in [0.717, 1.165) is 6.07 Å². The largest absolute Gasteiger partial charge is 0.478 e. The van der Waals surface area contributed by atoms with Crippen molar-refractivity contribution in [1.82, 2.24) is 0 Å². The van der Waals surface area contributed by atoms with Gasteiger partial charge in [-0.1, -0.05) is 6.92 Å². The van der Waals surface area contributed by atoms with Crippen molar-refractivity contribution in [2.75, 3.05) is 5.32 Å². The first kappa shape index (κ1) is 15.0. The average Bonchev–Trinajstić information content (AvgIpc) is 2.30. The quantitative estimate of drug-likeness (QED) is 0.776. The van der Waals surface area contributed by atoms with Gasteiger partial charge in [-0.05, 0) is 13.0 Å². The Kier molecular flexibility index (Phi) is 4.55. The van der Waals surface area contributed by atoms with Crippen LogP contribution >= 0.6 is 0 Å². The molecule has 0 saturated carbocycles. The minimum Gasteiger partial charge on any atom is -0.478 e. The molecule has 0 aromatic heterocycles. The molecule has 0 bridgehead atoms. The van der Waals surface area contributed by atoms with Crippen LogP contribution in [0.3, 0.4) is 0 Å². The van der Waals surface area contributed by atoms with Crippen LogP contribution in [0.15, 0.2) is 12.1 Å². The number of nitrogens with two attached hydrogens (primary N) is 1. The molecule has 4 N–H and O–H groups in total. The Hall–Kier alpha value is -2.02. The minimum absolute atomic E-state index is 0.392. The molecule has 0 saturated heterocycles. The molecule has 1 aromatic rings. The molecule has 0 aliphatic rings. The number of anilines is 1. The summed E-state index contributed by atoms with van der Waals surface area (Å²) in [5.74, 6) is -4.97. The lowest BCUT2D eigenvalue weighted by Gasteiger charge is -2.16. The number of halogens is 2. The fourth-order valence-corrected chi connectivity index (χ4v) is 1.29. The highest BCUT2D eigenvalue weighted by Crippen LogP contribution is 2.20. The number of benzene rings is 1. The van der Waals surface area contributed by atoms with Crippen molar-refractivity contribution in [3.05, 3.63) is 29.3 Å². The first-order valence-electron chi connectivity index (χ1n) is 5.52. The Bertz CT molecular complexity index is 518. The number of carboxylic acid groups (broad SMARTS) is 1. The van der Waals surface area contributed by atoms with Crippen LogP contribution in [-0.4, -0.2) is 23.0 Å². The summed E-state index contributed by atoms with van der Waals surface area (Å²) in [7, 11) is 0. The first-order valence-corrected chi connectivity index (χ1v) is 5.52. The molecule has 1 rings (SSSR count). The average molecular weight is 272 g/mol. The van der Waals surface area contributed by atoms with Crippen molar-refractivity contribution in [3.63, 3.8) is 0 Å². The zero-order valence-electron chi connectivity index (χ0n) is 10.4. The number of rotatable bonds is 4. The monoisotopic (exact) mass is 272 g/mol. The second-order valence-electron chi connectivity index (χ2n) is 4.25. The highest BCUT2D eigenvalue weighted by atomic mass is 19.1. The van der Waals surface area contributed by atoms with Crippen LogP contribution in [0.4, 0.5) is 14.5 Å². The maximum absolute atomic E-state index is 13.4. The SMILES string of the molecule is CC(N)C(C)C(=O)Nc1cc(C(=O)O)c(F)cc1F. The lowest BCUT2D eigenvalue weighted by Crippen LogP contribution is -2.34. The molecule has 2 unspecified atom stereocenters. The number of carboxylic acids is 1. The number of nitrogens with one attached hydrogen (secondary N) is 1. The fourth-order valence-electron chi connectivity index (χ4n) is 1.29. The van der Waals surface area contributed by atoms with Crippen LogP contribution in [0, 0.1) is 17.6 Å². The molecule has 0 aliphatic carbocycles. The van der Waals surface area contributed by atoms with Gasteiger partial charge in [0.15, 0.2) is 0 Å². The van der Waals surface area contributed by atoms with E-state index in [1.54, 1.807) is 13.8 Å². The van der Waals surface area contributed by atoms with Crippen LogP contribution in [0.5, 0.6) is 0 Å². The molecule has 1 aromatic carbocycles. The summed E-state index contributed by atoms with van der Waals surface area (Å²) in [6, 6.07) is 0.691. The van der Waals surface area contributed by atoms with Gasteiger partial charge in [-0.2, -0.15) is 0 Å². The third kappa shape index (κ3) is 3.47. The smallest absolute Gasteiger partial charge is 0.338 e. The maximum atomic E-state index is 13.4. The van der Waals surface area contributed by atoms with Crippen LogP contribution < -0.4 is 11.1 Å². The Labute approximate surface area is 108 Å². The van der Waals surface area contributed by atoms with Gasteiger partial charge in [-0.25, -0.2) is 13.6 Å². The number of hydrogen-bond acceptors (Lipinski definition) is 3. The van der Waals surface area contributed by atoms with Crippen molar-refractivity contribution >= 4 is 17.6 Å². The van der Waals surface area contributed by atoms with E-state index in [-0.39, 0.29) is 0 Å². The van der Waals surface area contributed by atoms with Crippen molar-refractivity contribution in [1.29, 1.82) is 0 Å². The molecule has 0 heterocycles. The van der Waals surface area contributed by atoms with Gasteiger partial charge in [-0.15, -0.1) is 0 Å². The predicted molar refractivity (Wildman–Crippen MR) is 64.8 cm³/mol. The summed E-state index contributed by atoms with van der Waals surface area (Å²) in [6.45, 7) is 3.15. The summed E-state index contributed by atoms with van der Waals surface area (Å²) >= 11 is 0. The lowest BCUT2D eigenvalue weighted by molar-refractivity contribution is -0.119. The van der Waals surface area contributed by atoms with E-state index in [1.165, 1.54) is 0 Å². The molecule has 0 fully saturated rings. The summed E-state index contributed by atoms with van der Waals surface area (Å²) in [5, 5.41) is 10.9. The number of carbonyl (C=O) groups excluding carboxylic acids is 1. The Morgan fingerprint density at radius 1 is 1.26 bits per heavy atom. The molecule has 0 aliphatic heterocycles. The molecule has 1 amide bonds. The summed E-state index contributed by atoms with van der Waals surface area (Å²) < 4.78 is 26.6. The maximum Gasteiger partial charge on any atom is 0.338 e. The van der Waals surface area contributed by atoms with Crippen molar-refractivity contribution < 1.29 is 23.5 Å². The molecule has 7 heteroatoms. The third-order valence-corrected chi connectivity index (χ3v) is 2.75. The summed E-state index contributed by atoms with van der Waals surface area (Å²) in [4.78, 5) is 22.4. The van der Waals surface area contributed by atoms with Crippen LogP contribution in [-0.2, 0) is 4.79 Å². The van der Waals surface area contributed by atoms with Gasteiger partial charge in [0.2, 0.25) is 5.91 Å². The minimum atomic E-state index is -1.55. The second kappa shape index (κ2) is 5.75. The zero-order valence-corrected chi connectivity index (χ0v) is 10.4. The van der Waals surface area contributed by atoms with E-state index >= 15 is 0 Å². The van der Waals surface area contributed by atoms with E-state index < -0.39 is 46.7 Å². The van der Waals surface area contributed by atoms with Crippen LogP contribution in [0.1, 0.15) is 24.2 Å². The van der Waals surface area contributed by atoms with E-state index in [0.29, 0.717) is 6.07 Å². The van der Waals surface area contributed by atoms with Gasteiger partial charge in [0.05, 0.1) is 17.2 Å². The van der Waals surface area contributed by atoms with Gasteiger partial charge in [0, 0.05) is 12.1 Å². The Morgan fingerprint density at radius 2 is 1.84 bits per heavy atom. The molecule has 104 valence electrons. The molecule has 5 nitrogen and oxygen atoms in total. The van der Waals surface area contributed by atoms with E-state index in [2.05, 4.69) is 5.32 Å². The Morgan fingerprint density at radius 3 is 2.32 bits per heavy atom. The van der Waals surface area contributed by atoms with Gasteiger partial charge in [0.25, 0.3) is 0 Å². The van der Waals surface area contributed by atoms with Crippen LogP contribution in [0.25, 0.3) is 0 Å². The van der Waals surface area contributed by atoms with Gasteiger partial charge in [0.1, 0.15) is 11.6 Å². The third-order valence-electron chi connectivity index (χ3n) is 2.75. The van der Waals surface area contributed by atoms with Gasteiger partial charge >= 0.3 is 5.97 Å². The van der Waals surface area contributed by atoms with Crippen molar-refractivity contribution in [3.8, 4) is 0 Å². The predicted octanol–water partition coefficient (Wildman–Crippen LogP) is 1.58. The van der Waals surface area contributed by atoms with Gasteiger partial charge < -0.3 is 16.2 Å².